The predicted octanol–water partition coefficient (Wildman–Crippen LogP) is 6.50. The SMILES string of the molecule is Cc1ccc(S(=O)(=O)N(CC(=O)N(Cc2ccc(F)cc2)[C@@H](C)C(=O)NC2CCCCC2)c2ccc(Cl)c(Cl)c2)cc1. The van der Waals surface area contributed by atoms with Crippen LogP contribution in [0.2, 0.25) is 10.0 Å². The molecule has 3 aromatic carbocycles. The van der Waals surface area contributed by atoms with Gasteiger partial charge in [0.25, 0.3) is 10.0 Å². The quantitative estimate of drug-likeness (QED) is 0.276. The Hall–Kier alpha value is -3.14. The fourth-order valence-corrected chi connectivity index (χ4v) is 6.64. The van der Waals surface area contributed by atoms with Crippen LogP contribution in [0.4, 0.5) is 10.1 Å². The lowest BCUT2D eigenvalue weighted by Crippen LogP contribution is -2.53. The van der Waals surface area contributed by atoms with Crippen LogP contribution < -0.4 is 9.62 Å². The van der Waals surface area contributed by atoms with Crippen molar-refractivity contribution in [1.29, 1.82) is 0 Å². The van der Waals surface area contributed by atoms with Crippen LogP contribution in [0.1, 0.15) is 50.2 Å². The highest BCUT2D eigenvalue weighted by molar-refractivity contribution is 7.92. The summed E-state index contributed by atoms with van der Waals surface area (Å²) < 4.78 is 42.4. The number of hydrogen-bond donors (Lipinski definition) is 1. The van der Waals surface area contributed by atoms with Crippen LogP contribution in [-0.2, 0) is 26.2 Å². The van der Waals surface area contributed by atoms with Gasteiger partial charge in [-0.05, 0) is 74.7 Å². The Morgan fingerprint density at radius 1 is 0.952 bits per heavy atom. The van der Waals surface area contributed by atoms with E-state index in [1.165, 1.54) is 59.5 Å². The average molecular weight is 635 g/mol. The highest BCUT2D eigenvalue weighted by Crippen LogP contribution is 2.31. The Labute approximate surface area is 256 Å². The molecule has 1 aliphatic carbocycles. The largest absolute Gasteiger partial charge is 0.352 e. The van der Waals surface area contributed by atoms with E-state index < -0.39 is 34.3 Å². The van der Waals surface area contributed by atoms with Gasteiger partial charge in [-0.15, -0.1) is 0 Å². The molecule has 0 aliphatic heterocycles. The maximum atomic E-state index is 14.0. The van der Waals surface area contributed by atoms with Gasteiger partial charge in [0.2, 0.25) is 11.8 Å². The molecule has 4 rings (SSSR count). The number of nitrogens with one attached hydrogen (secondary N) is 1. The van der Waals surface area contributed by atoms with Gasteiger partial charge in [0.05, 0.1) is 20.6 Å². The van der Waals surface area contributed by atoms with E-state index >= 15 is 0 Å². The first-order valence-corrected chi connectivity index (χ1v) is 16.0. The summed E-state index contributed by atoms with van der Waals surface area (Å²) in [5.74, 6) is -1.39. The molecule has 0 saturated heterocycles. The van der Waals surface area contributed by atoms with Crippen molar-refractivity contribution >= 4 is 50.7 Å². The Morgan fingerprint density at radius 2 is 1.60 bits per heavy atom. The first kappa shape index (κ1) is 31.8. The number of amides is 2. The van der Waals surface area contributed by atoms with Crippen LogP contribution >= 0.6 is 23.2 Å². The summed E-state index contributed by atoms with van der Waals surface area (Å²) in [5.41, 5.74) is 1.60. The minimum Gasteiger partial charge on any atom is -0.352 e. The molecule has 0 aromatic heterocycles. The van der Waals surface area contributed by atoms with E-state index in [1.807, 2.05) is 6.92 Å². The minimum absolute atomic E-state index is 0.0138. The molecule has 7 nitrogen and oxygen atoms in total. The molecule has 1 N–H and O–H groups in total. The van der Waals surface area contributed by atoms with E-state index in [4.69, 9.17) is 23.2 Å². The van der Waals surface area contributed by atoms with Crippen molar-refractivity contribution in [2.24, 2.45) is 0 Å². The molecule has 0 radical (unpaired) electrons. The second-order valence-corrected chi connectivity index (χ2v) is 13.3. The summed E-state index contributed by atoms with van der Waals surface area (Å²) in [6, 6.07) is 15.3. The number of rotatable bonds is 10. The van der Waals surface area contributed by atoms with Crippen LogP contribution in [0.15, 0.2) is 71.6 Å². The van der Waals surface area contributed by atoms with Gasteiger partial charge in [-0.25, -0.2) is 12.8 Å². The van der Waals surface area contributed by atoms with E-state index in [2.05, 4.69) is 5.32 Å². The average Bonchev–Trinajstić information content (AvgIpc) is 2.97. The first-order chi connectivity index (χ1) is 20.0. The Balaban J connectivity index is 1.69. The number of anilines is 1. The molecule has 11 heteroatoms. The molecular weight excluding hydrogens is 600 g/mol. The van der Waals surface area contributed by atoms with Gasteiger partial charge in [-0.1, -0.05) is 72.3 Å². The van der Waals surface area contributed by atoms with Crippen molar-refractivity contribution in [3.63, 3.8) is 0 Å². The second kappa shape index (κ2) is 13.9. The molecular formula is C31H34Cl2FN3O4S. The van der Waals surface area contributed by atoms with Crippen molar-refractivity contribution < 1.29 is 22.4 Å². The number of nitrogens with zero attached hydrogens (tertiary/aromatic N) is 2. The summed E-state index contributed by atoms with van der Waals surface area (Å²) in [6.45, 7) is 2.80. The number of aryl methyl sites for hydroxylation is 1. The van der Waals surface area contributed by atoms with Gasteiger partial charge in [0.15, 0.2) is 0 Å². The molecule has 0 bridgehead atoms. The zero-order valence-electron chi connectivity index (χ0n) is 23.5. The highest BCUT2D eigenvalue weighted by atomic mass is 35.5. The topological polar surface area (TPSA) is 86.8 Å². The van der Waals surface area contributed by atoms with Gasteiger partial charge < -0.3 is 10.2 Å². The Morgan fingerprint density at radius 3 is 2.21 bits per heavy atom. The van der Waals surface area contributed by atoms with Crippen LogP contribution in [0.5, 0.6) is 0 Å². The normalized spacial score (nSPS) is 14.7. The summed E-state index contributed by atoms with van der Waals surface area (Å²) >= 11 is 12.3. The molecule has 0 heterocycles. The number of halogens is 3. The molecule has 1 aliphatic rings. The van der Waals surface area contributed by atoms with Crippen molar-refractivity contribution in [3.8, 4) is 0 Å². The second-order valence-electron chi connectivity index (χ2n) is 10.6. The van der Waals surface area contributed by atoms with Crippen LogP contribution in [-0.4, -0.2) is 43.8 Å². The lowest BCUT2D eigenvalue weighted by molar-refractivity contribution is -0.139. The fraction of sp³-hybridized carbons (Fsp3) is 0.355. The molecule has 0 unspecified atom stereocenters. The zero-order valence-corrected chi connectivity index (χ0v) is 25.9. The molecule has 1 saturated carbocycles. The summed E-state index contributed by atoms with van der Waals surface area (Å²) in [4.78, 5) is 28.7. The molecule has 42 heavy (non-hydrogen) atoms. The third-order valence-electron chi connectivity index (χ3n) is 7.46. The van der Waals surface area contributed by atoms with E-state index in [1.54, 1.807) is 19.1 Å². The lowest BCUT2D eigenvalue weighted by Gasteiger charge is -2.33. The summed E-state index contributed by atoms with van der Waals surface area (Å²) in [5, 5.41) is 3.40. The van der Waals surface area contributed by atoms with Crippen molar-refractivity contribution in [2.45, 2.75) is 69.5 Å². The zero-order chi connectivity index (χ0) is 30.4. The van der Waals surface area contributed by atoms with Gasteiger partial charge in [-0.3, -0.25) is 13.9 Å². The van der Waals surface area contributed by atoms with Gasteiger partial charge >= 0.3 is 0 Å². The highest BCUT2D eigenvalue weighted by Gasteiger charge is 2.33. The van der Waals surface area contributed by atoms with Crippen LogP contribution in [0, 0.1) is 12.7 Å². The number of carbonyl (C=O) groups excluding carboxylic acids is 2. The van der Waals surface area contributed by atoms with Gasteiger partial charge in [-0.2, -0.15) is 0 Å². The summed E-state index contributed by atoms with van der Waals surface area (Å²) in [6.07, 6.45) is 4.89. The third-order valence-corrected chi connectivity index (χ3v) is 9.99. The smallest absolute Gasteiger partial charge is 0.264 e. The van der Waals surface area contributed by atoms with E-state index in [0.29, 0.717) is 5.56 Å². The molecule has 224 valence electrons. The summed E-state index contributed by atoms with van der Waals surface area (Å²) in [7, 11) is -4.24. The van der Waals surface area contributed by atoms with Crippen LogP contribution in [0.25, 0.3) is 0 Å². The van der Waals surface area contributed by atoms with Crippen molar-refractivity contribution in [2.75, 3.05) is 10.8 Å². The Bertz CT molecular complexity index is 1510. The monoisotopic (exact) mass is 633 g/mol. The molecule has 3 aromatic rings. The molecule has 0 spiro atoms. The maximum Gasteiger partial charge on any atom is 0.264 e. The third kappa shape index (κ3) is 7.82. The van der Waals surface area contributed by atoms with E-state index in [0.717, 1.165) is 42.0 Å². The van der Waals surface area contributed by atoms with E-state index in [9.17, 15) is 22.4 Å². The maximum absolute atomic E-state index is 14.0. The van der Waals surface area contributed by atoms with Crippen LogP contribution in [0.3, 0.4) is 0 Å². The van der Waals surface area contributed by atoms with E-state index in [-0.39, 0.29) is 39.1 Å². The predicted molar refractivity (Wildman–Crippen MR) is 164 cm³/mol. The number of sulfonamides is 1. The minimum atomic E-state index is -4.24. The number of carbonyl (C=O) groups is 2. The molecule has 1 fully saturated rings. The fourth-order valence-electron chi connectivity index (χ4n) is 4.94. The molecule has 1 atom stereocenters. The van der Waals surface area contributed by atoms with Crippen molar-refractivity contribution in [1.82, 2.24) is 10.2 Å². The molecule has 2 amide bonds. The van der Waals surface area contributed by atoms with Crippen molar-refractivity contribution in [3.05, 3.63) is 93.7 Å². The standard InChI is InChI=1S/C31H34Cl2FN3O4S/c1-21-8-15-27(16-9-21)42(40,41)37(26-14-17-28(32)29(33)18-26)20-30(38)36(19-23-10-12-24(34)13-11-23)22(2)31(39)35-25-6-4-3-5-7-25/h8-18,22,25H,3-7,19-20H2,1-2H3,(H,35,39)/t22-/m0/s1. The Kier molecular flexibility index (Phi) is 10.5. The van der Waals surface area contributed by atoms with Gasteiger partial charge in [0, 0.05) is 12.6 Å². The number of hydrogen-bond acceptors (Lipinski definition) is 4. The van der Waals surface area contributed by atoms with Gasteiger partial charge in [0.1, 0.15) is 18.4 Å². The lowest BCUT2D eigenvalue weighted by atomic mass is 9.95. The number of benzene rings is 3. The first-order valence-electron chi connectivity index (χ1n) is 13.8.